The molecule has 0 bridgehead atoms. The van der Waals surface area contributed by atoms with Gasteiger partial charge in [-0.15, -0.1) is 0 Å². The summed E-state index contributed by atoms with van der Waals surface area (Å²) >= 11 is 0. The van der Waals surface area contributed by atoms with Gasteiger partial charge in [0.15, 0.2) is 11.5 Å². The molecule has 0 atom stereocenters. The van der Waals surface area contributed by atoms with Crippen molar-refractivity contribution >= 4 is 16.9 Å². The van der Waals surface area contributed by atoms with Crippen molar-refractivity contribution in [1.29, 1.82) is 0 Å². The largest absolute Gasteiger partial charge is 0.493 e. The molecule has 0 saturated carbocycles. The van der Waals surface area contributed by atoms with E-state index in [2.05, 4.69) is 27.7 Å². The van der Waals surface area contributed by atoms with Gasteiger partial charge in [0.05, 0.1) is 25.3 Å². The quantitative estimate of drug-likeness (QED) is 0.521. The van der Waals surface area contributed by atoms with E-state index in [0.29, 0.717) is 23.6 Å². The van der Waals surface area contributed by atoms with Gasteiger partial charge in [0.2, 0.25) is 0 Å². The van der Waals surface area contributed by atoms with Crippen LogP contribution in [0.25, 0.3) is 11.0 Å². The van der Waals surface area contributed by atoms with E-state index < -0.39 is 0 Å². The molecule has 3 rings (SSSR count). The Morgan fingerprint density at radius 1 is 1.14 bits per heavy atom. The van der Waals surface area contributed by atoms with Gasteiger partial charge >= 0.3 is 0 Å². The van der Waals surface area contributed by atoms with Gasteiger partial charge in [-0.3, -0.25) is 10.2 Å². The fourth-order valence-electron chi connectivity index (χ4n) is 3.12. The van der Waals surface area contributed by atoms with Crippen LogP contribution in [0.5, 0.6) is 11.5 Å². The molecule has 0 unspecified atom stereocenters. The second kappa shape index (κ2) is 8.75. The average molecular weight is 382 g/mol. The number of carbonyl (C=O) groups is 1. The standard InChI is InChI=1S/C21H26N4O3/c1-5-6-19-23-16-11-15(9-13(2)20(16)24-19)21(26)25-22-12-14-7-8-17(27-3)18(10-14)28-4/h7-11,22H,5-6,12H2,1-4H3,(H,23,24)(H,25,26). The first-order valence-corrected chi connectivity index (χ1v) is 9.29. The Labute approximate surface area is 164 Å². The monoisotopic (exact) mass is 382 g/mol. The predicted molar refractivity (Wildman–Crippen MR) is 109 cm³/mol. The molecule has 1 aromatic heterocycles. The van der Waals surface area contributed by atoms with Crippen molar-refractivity contribution in [2.24, 2.45) is 0 Å². The van der Waals surface area contributed by atoms with Crippen LogP contribution < -0.4 is 20.3 Å². The van der Waals surface area contributed by atoms with Gasteiger partial charge in [-0.1, -0.05) is 13.0 Å². The topological polar surface area (TPSA) is 88.3 Å². The maximum atomic E-state index is 12.5. The number of carbonyl (C=O) groups excluding carboxylic acids is 1. The van der Waals surface area contributed by atoms with E-state index in [0.717, 1.165) is 40.8 Å². The average Bonchev–Trinajstić information content (AvgIpc) is 3.11. The van der Waals surface area contributed by atoms with E-state index in [-0.39, 0.29) is 5.91 Å². The van der Waals surface area contributed by atoms with Crippen LogP contribution in [0.2, 0.25) is 0 Å². The Morgan fingerprint density at radius 2 is 1.93 bits per heavy atom. The molecule has 0 saturated heterocycles. The number of hydrogen-bond acceptors (Lipinski definition) is 5. The Bertz CT molecular complexity index is 981. The smallest absolute Gasteiger partial charge is 0.265 e. The number of rotatable bonds is 8. The first-order chi connectivity index (χ1) is 13.5. The zero-order valence-corrected chi connectivity index (χ0v) is 16.7. The van der Waals surface area contributed by atoms with Gasteiger partial charge in [-0.2, -0.15) is 0 Å². The number of benzene rings is 2. The molecule has 0 aliphatic rings. The third-order valence-electron chi connectivity index (χ3n) is 4.52. The van der Waals surface area contributed by atoms with Crippen molar-refractivity contribution < 1.29 is 14.3 Å². The molecule has 1 amide bonds. The highest BCUT2D eigenvalue weighted by molar-refractivity contribution is 5.98. The summed E-state index contributed by atoms with van der Waals surface area (Å²) in [6.45, 7) is 4.54. The maximum absolute atomic E-state index is 12.5. The minimum atomic E-state index is -0.197. The van der Waals surface area contributed by atoms with E-state index in [1.54, 1.807) is 14.2 Å². The Morgan fingerprint density at radius 3 is 2.64 bits per heavy atom. The van der Waals surface area contributed by atoms with E-state index in [9.17, 15) is 4.79 Å². The molecule has 3 N–H and O–H groups in total. The number of nitrogens with one attached hydrogen (secondary N) is 3. The summed E-state index contributed by atoms with van der Waals surface area (Å²) in [6, 6.07) is 9.31. The third kappa shape index (κ3) is 4.26. The van der Waals surface area contributed by atoms with Gasteiger partial charge in [-0.05, 0) is 48.7 Å². The lowest BCUT2D eigenvalue weighted by molar-refractivity contribution is 0.0932. The van der Waals surface area contributed by atoms with E-state index in [4.69, 9.17) is 9.47 Å². The van der Waals surface area contributed by atoms with E-state index in [1.165, 1.54) is 0 Å². The summed E-state index contributed by atoms with van der Waals surface area (Å²) in [5, 5.41) is 0. The molecule has 0 aliphatic heterocycles. The summed E-state index contributed by atoms with van der Waals surface area (Å²) < 4.78 is 10.5. The summed E-state index contributed by atoms with van der Waals surface area (Å²) in [6.07, 6.45) is 1.91. The third-order valence-corrected chi connectivity index (χ3v) is 4.52. The molecule has 0 spiro atoms. The lowest BCUT2D eigenvalue weighted by Crippen LogP contribution is -2.36. The number of methoxy groups -OCH3 is 2. The number of aromatic nitrogens is 2. The van der Waals surface area contributed by atoms with Crippen LogP contribution >= 0.6 is 0 Å². The number of aryl methyl sites for hydroxylation is 2. The molecular formula is C21H26N4O3. The lowest BCUT2D eigenvalue weighted by Gasteiger charge is -2.11. The summed E-state index contributed by atoms with van der Waals surface area (Å²) in [7, 11) is 3.19. The first-order valence-electron chi connectivity index (χ1n) is 9.29. The molecule has 0 aliphatic carbocycles. The van der Waals surface area contributed by atoms with Crippen LogP contribution in [-0.4, -0.2) is 30.1 Å². The number of hydrazine groups is 1. The SMILES string of the molecule is CCCc1nc2c(C)cc(C(=O)NNCc3ccc(OC)c(OC)c3)cc2[nH]1. The minimum Gasteiger partial charge on any atom is -0.493 e. The number of aromatic amines is 1. The summed E-state index contributed by atoms with van der Waals surface area (Å²) in [4.78, 5) is 20.4. The zero-order valence-electron chi connectivity index (χ0n) is 16.7. The van der Waals surface area contributed by atoms with Gasteiger partial charge in [0.25, 0.3) is 5.91 Å². The van der Waals surface area contributed by atoms with Crippen LogP contribution in [0.1, 0.15) is 40.7 Å². The minimum absolute atomic E-state index is 0.197. The van der Waals surface area contributed by atoms with Gasteiger partial charge in [0.1, 0.15) is 5.82 Å². The molecule has 0 radical (unpaired) electrons. The molecule has 148 valence electrons. The van der Waals surface area contributed by atoms with Crippen molar-refractivity contribution in [2.45, 2.75) is 33.2 Å². The summed E-state index contributed by atoms with van der Waals surface area (Å²) in [5.41, 5.74) is 10.0. The number of amides is 1. The molecule has 28 heavy (non-hydrogen) atoms. The van der Waals surface area contributed by atoms with Crippen LogP contribution in [0.15, 0.2) is 30.3 Å². The fourth-order valence-corrected chi connectivity index (χ4v) is 3.12. The molecule has 7 nitrogen and oxygen atoms in total. The van der Waals surface area contributed by atoms with Crippen molar-refractivity contribution in [3.63, 3.8) is 0 Å². The van der Waals surface area contributed by atoms with Crippen LogP contribution in [0.3, 0.4) is 0 Å². The second-order valence-electron chi connectivity index (χ2n) is 6.62. The number of nitrogens with zero attached hydrogens (tertiary/aromatic N) is 1. The highest BCUT2D eigenvalue weighted by Crippen LogP contribution is 2.27. The number of hydrogen-bond donors (Lipinski definition) is 3. The van der Waals surface area contributed by atoms with Crippen LogP contribution in [0.4, 0.5) is 0 Å². The molecule has 7 heteroatoms. The fraction of sp³-hybridized carbons (Fsp3) is 0.333. The molecular weight excluding hydrogens is 356 g/mol. The van der Waals surface area contributed by atoms with Crippen LogP contribution in [-0.2, 0) is 13.0 Å². The molecule has 0 fully saturated rings. The van der Waals surface area contributed by atoms with Crippen molar-refractivity contribution in [2.75, 3.05) is 14.2 Å². The second-order valence-corrected chi connectivity index (χ2v) is 6.62. The van der Waals surface area contributed by atoms with Gasteiger partial charge < -0.3 is 14.5 Å². The van der Waals surface area contributed by atoms with E-state index in [1.807, 2.05) is 37.3 Å². The Kier molecular flexibility index (Phi) is 6.16. The molecule has 1 heterocycles. The van der Waals surface area contributed by atoms with Gasteiger partial charge in [-0.25, -0.2) is 10.4 Å². The van der Waals surface area contributed by atoms with Crippen LogP contribution in [0, 0.1) is 6.92 Å². The Balaban J connectivity index is 1.66. The van der Waals surface area contributed by atoms with Crippen molar-refractivity contribution in [3.05, 3.63) is 52.8 Å². The van der Waals surface area contributed by atoms with Gasteiger partial charge in [0, 0.05) is 18.5 Å². The lowest BCUT2D eigenvalue weighted by atomic mass is 10.1. The highest BCUT2D eigenvalue weighted by atomic mass is 16.5. The first kappa shape index (κ1) is 19.7. The normalized spacial score (nSPS) is 10.9. The number of ether oxygens (including phenoxy) is 2. The highest BCUT2D eigenvalue weighted by Gasteiger charge is 2.12. The molecule has 3 aromatic rings. The number of imidazole rings is 1. The number of H-pyrrole nitrogens is 1. The Hall–Kier alpha value is -3.06. The molecule has 2 aromatic carbocycles. The predicted octanol–water partition coefficient (Wildman–Crippen LogP) is 3.28. The maximum Gasteiger partial charge on any atom is 0.265 e. The summed E-state index contributed by atoms with van der Waals surface area (Å²) in [5.74, 6) is 2.07. The van der Waals surface area contributed by atoms with Crippen molar-refractivity contribution in [3.8, 4) is 11.5 Å². The van der Waals surface area contributed by atoms with Crippen molar-refractivity contribution in [1.82, 2.24) is 20.8 Å². The van der Waals surface area contributed by atoms with E-state index >= 15 is 0 Å². The number of fused-ring (bicyclic) bond motifs is 1. The zero-order chi connectivity index (χ0) is 20.1.